The lowest BCUT2D eigenvalue weighted by molar-refractivity contribution is 0.585. The van der Waals surface area contributed by atoms with E-state index in [4.69, 9.17) is 0 Å². The van der Waals surface area contributed by atoms with Crippen LogP contribution in [0.1, 0.15) is 71.9 Å². The van der Waals surface area contributed by atoms with Crippen LogP contribution < -0.4 is 0 Å². The van der Waals surface area contributed by atoms with Crippen molar-refractivity contribution >= 4 is 11.3 Å². The molecule has 0 saturated carbocycles. The molecule has 0 atom stereocenters. The van der Waals surface area contributed by atoms with E-state index in [9.17, 15) is 0 Å². The number of rotatable bonds is 2. The summed E-state index contributed by atoms with van der Waals surface area (Å²) in [5.41, 5.74) is 5.47. The van der Waals surface area contributed by atoms with E-state index in [1.807, 2.05) is 24.6 Å². The Labute approximate surface area is 134 Å². The minimum Gasteiger partial charge on any atom is -0.332 e. The number of thiophene rings is 1. The minimum absolute atomic E-state index is 0.529. The Morgan fingerprint density at radius 2 is 1.52 bits per heavy atom. The van der Waals surface area contributed by atoms with E-state index in [2.05, 4.69) is 64.9 Å². The first kappa shape index (κ1) is 18.0. The second-order valence-corrected chi connectivity index (χ2v) is 7.75. The summed E-state index contributed by atoms with van der Waals surface area (Å²) in [7, 11) is 0. The molecule has 3 heteroatoms. The van der Waals surface area contributed by atoms with Crippen molar-refractivity contribution in [3.8, 4) is 0 Å². The van der Waals surface area contributed by atoms with E-state index in [0.29, 0.717) is 12.0 Å². The highest BCUT2D eigenvalue weighted by Crippen LogP contribution is 2.31. The lowest BCUT2D eigenvalue weighted by atomic mass is 9.99. The van der Waals surface area contributed by atoms with Crippen molar-refractivity contribution < 1.29 is 0 Å². The first-order valence-electron chi connectivity index (χ1n) is 7.73. The van der Waals surface area contributed by atoms with Gasteiger partial charge in [-0.15, -0.1) is 11.3 Å². The average molecular weight is 307 g/mol. The molecule has 0 radical (unpaired) electrons. The summed E-state index contributed by atoms with van der Waals surface area (Å²) in [6.45, 7) is 19.6. The molecule has 0 bridgehead atoms. The summed E-state index contributed by atoms with van der Waals surface area (Å²) in [5.74, 6) is 0.681. The highest BCUT2D eigenvalue weighted by Gasteiger charge is 2.11. The second kappa shape index (κ2) is 7.26. The molecule has 2 aromatic heterocycles. The van der Waals surface area contributed by atoms with Crippen molar-refractivity contribution in [2.75, 3.05) is 0 Å². The first-order chi connectivity index (χ1) is 9.66. The highest BCUT2D eigenvalue weighted by molar-refractivity contribution is 7.12. The van der Waals surface area contributed by atoms with Crippen molar-refractivity contribution in [2.45, 2.75) is 74.3 Å². The van der Waals surface area contributed by atoms with Gasteiger partial charge in [0.1, 0.15) is 0 Å². The van der Waals surface area contributed by atoms with E-state index in [-0.39, 0.29) is 0 Å². The molecule has 2 heterocycles. The molecule has 0 N–H and O–H groups in total. The average Bonchev–Trinajstić information content (AvgIpc) is 2.82. The summed E-state index contributed by atoms with van der Waals surface area (Å²) < 4.78 is 2.18. The number of hydrogen-bond acceptors (Lipinski definition) is 2. The van der Waals surface area contributed by atoms with Gasteiger partial charge in [0, 0.05) is 21.5 Å². The third-order valence-electron chi connectivity index (χ3n) is 4.04. The van der Waals surface area contributed by atoms with Crippen LogP contribution in [0.25, 0.3) is 0 Å². The quantitative estimate of drug-likeness (QED) is 0.677. The minimum atomic E-state index is 0.529. The van der Waals surface area contributed by atoms with Gasteiger partial charge in [-0.1, -0.05) is 13.8 Å². The van der Waals surface area contributed by atoms with Crippen LogP contribution in [0, 0.1) is 34.6 Å². The molecule has 2 aromatic rings. The maximum Gasteiger partial charge on any atom is 0.0953 e. The Balaban J connectivity index is 0.000000211. The Kier molecular flexibility index (Phi) is 6.21. The molecule has 118 valence electrons. The number of hydrogen-bond donors (Lipinski definition) is 0. The maximum absolute atomic E-state index is 4.20. The van der Waals surface area contributed by atoms with Crippen molar-refractivity contribution in [3.05, 3.63) is 38.6 Å². The number of nitrogens with zero attached hydrogens (tertiary/aromatic N) is 2. The van der Waals surface area contributed by atoms with Gasteiger partial charge in [-0.2, -0.15) is 0 Å². The monoisotopic (exact) mass is 306 g/mol. The van der Waals surface area contributed by atoms with Crippen molar-refractivity contribution in [1.29, 1.82) is 0 Å². The predicted molar refractivity (Wildman–Crippen MR) is 94.7 cm³/mol. The third kappa shape index (κ3) is 4.19. The molecule has 0 aliphatic heterocycles. The van der Waals surface area contributed by atoms with Crippen LogP contribution >= 0.6 is 11.3 Å². The molecule has 0 aliphatic rings. The van der Waals surface area contributed by atoms with Crippen LogP contribution in [0.3, 0.4) is 0 Å². The van der Waals surface area contributed by atoms with E-state index in [1.54, 1.807) is 5.56 Å². The van der Waals surface area contributed by atoms with Gasteiger partial charge in [-0.25, -0.2) is 4.98 Å². The van der Waals surface area contributed by atoms with E-state index in [0.717, 1.165) is 5.69 Å². The van der Waals surface area contributed by atoms with Crippen LogP contribution in [0.2, 0.25) is 0 Å². The topological polar surface area (TPSA) is 17.8 Å². The molecule has 0 saturated heterocycles. The van der Waals surface area contributed by atoms with Gasteiger partial charge in [0.05, 0.1) is 12.0 Å². The molecule has 2 rings (SSSR count). The molecular weight excluding hydrogens is 276 g/mol. The smallest absolute Gasteiger partial charge is 0.0953 e. The molecule has 0 fully saturated rings. The van der Waals surface area contributed by atoms with Crippen molar-refractivity contribution in [1.82, 2.24) is 9.55 Å². The number of aryl methyl sites for hydroxylation is 3. The van der Waals surface area contributed by atoms with Gasteiger partial charge >= 0.3 is 0 Å². The summed E-state index contributed by atoms with van der Waals surface area (Å²) in [6, 6.07) is 0.529. The summed E-state index contributed by atoms with van der Waals surface area (Å²) in [5, 5.41) is 0. The fraction of sp³-hybridized carbons (Fsp3) is 0.611. The molecule has 0 amide bonds. The van der Waals surface area contributed by atoms with Crippen LogP contribution in [-0.4, -0.2) is 9.55 Å². The normalized spacial score (nSPS) is 11.0. The van der Waals surface area contributed by atoms with Crippen molar-refractivity contribution in [3.63, 3.8) is 0 Å². The Morgan fingerprint density at radius 3 is 1.71 bits per heavy atom. The van der Waals surface area contributed by atoms with Gasteiger partial charge in [0.25, 0.3) is 0 Å². The van der Waals surface area contributed by atoms with Gasteiger partial charge in [-0.05, 0) is 65.5 Å². The van der Waals surface area contributed by atoms with Gasteiger partial charge in [0.2, 0.25) is 0 Å². The van der Waals surface area contributed by atoms with Crippen LogP contribution in [0.4, 0.5) is 0 Å². The molecule has 2 nitrogen and oxygen atoms in total. The second-order valence-electron chi connectivity index (χ2n) is 6.32. The van der Waals surface area contributed by atoms with Crippen LogP contribution in [-0.2, 0) is 0 Å². The Hall–Kier alpha value is -1.09. The predicted octanol–water partition coefficient (Wildman–Crippen LogP) is 5.88. The zero-order valence-electron chi connectivity index (χ0n) is 15.0. The highest BCUT2D eigenvalue weighted by atomic mass is 32.1. The Morgan fingerprint density at radius 1 is 0.952 bits per heavy atom. The molecular formula is C18H30N2S. The van der Waals surface area contributed by atoms with Gasteiger partial charge < -0.3 is 4.57 Å². The fourth-order valence-corrected chi connectivity index (χ4v) is 3.91. The molecule has 21 heavy (non-hydrogen) atoms. The Bertz CT molecular complexity index is 589. The molecule has 0 aromatic carbocycles. The van der Waals surface area contributed by atoms with Gasteiger partial charge in [-0.3, -0.25) is 0 Å². The van der Waals surface area contributed by atoms with E-state index < -0.39 is 0 Å². The standard InChI is InChI=1S/C10H16S.C8H14N2/c1-6(2)10-7(3)8(4)11-9(10)5;1-6(2)10-5-9-7(3)8(10)4/h6H,1-5H3;5-6H,1-4H3. The van der Waals surface area contributed by atoms with Gasteiger partial charge in [0.15, 0.2) is 0 Å². The molecule has 0 spiro atoms. The fourth-order valence-electron chi connectivity index (χ4n) is 2.69. The summed E-state index contributed by atoms with van der Waals surface area (Å²) >= 11 is 1.92. The lowest BCUT2D eigenvalue weighted by Crippen LogP contribution is -2.00. The SMILES string of the molecule is Cc1ncn(C(C)C)c1C.Cc1sc(C)c(C(C)C)c1C. The third-order valence-corrected chi connectivity index (χ3v) is 5.18. The largest absolute Gasteiger partial charge is 0.332 e. The summed E-state index contributed by atoms with van der Waals surface area (Å²) in [6.07, 6.45) is 1.90. The molecule has 0 aliphatic carbocycles. The van der Waals surface area contributed by atoms with Crippen LogP contribution in [0.15, 0.2) is 6.33 Å². The summed E-state index contributed by atoms with van der Waals surface area (Å²) in [4.78, 5) is 7.17. The van der Waals surface area contributed by atoms with E-state index in [1.165, 1.54) is 21.0 Å². The number of imidazole rings is 1. The van der Waals surface area contributed by atoms with Crippen molar-refractivity contribution in [2.24, 2.45) is 0 Å². The van der Waals surface area contributed by atoms with E-state index >= 15 is 0 Å². The number of aromatic nitrogens is 2. The maximum atomic E-state index is 4.20. The lowest BCUT2D eigenvalue weighted by Gasteiger charge is -2.08. The molecule has 0 unspecified atom stereocenters. The zero-order valence-corrected chi connectivity index (χ0v) is 15.9. The first-order valence-corrected chi connectivity index (χ1v) is 8.54. The zero-order chi connectivity index (χ0) is 16.3. The van der Waals surface area contributed by atoms with Crippen LogP contribution in [0.5, 0.6) is 0 Å².